The molecule has 0 spiro atoms. The van der Waals surface area contributed by atoms with Crippen LogP contribution in [-0.4, -0.2) is 54.7 Å². The van der Waals surface area contributed by atoms with E-state index in [2.05, 4.69) is 4.98 Å². The molecule has 0 radical (unpaired) electrons. The topological polar surface area (TPSA) is 83.7 Å². The van der Waals surface area contributed by atoms with Crippen molar-refractivity contribution in [1.29, 1.82) is 0 Å². The first-order valence-electron chi connectivity index (χ1n) is 10.2. The van der Waals surface area contributed by atoms with Gasteiger partial charge in [0.2, 0.25) is 15.9 Å². The summed E-state index contributed by atoms with van der Waals surface area (Å²) in [7, 11) is -3.99. The zero-order valence-electron chi connectivity index (χ0n) is 17.4. The Morgan fingerprint density at radius 2 is 1.58 bits per heavy atom. The minimum Gasteiger partial charge on any atom is -0.441 e. The van der Waals surface area contributed by atoms with Crippen molar-refractivity contribution in [3.8, 4) is 11.3 Å². The number of piperazine rings is 1. The molecule has 7 nitrogen and oxygen atoms in total. The standard InChI is InChI=1S/C22H20F3N3O4S/c23-15-4-1-2-7-19(15)33(30,31)28-12-10-27(11-13-28)21(29)9-8-20-26-14-18(32-20)22-16(24)5-3-6-17(22)25/h1-7,14H,8-13H2. The van der Waals surface area contributed by atoms with Gasteiger partial charge in [-0.15, -0.1) is 0 Å². The number of carbonyl (C=O) groups excluding carboxylic acids is 1. The lowest BCUT2D eigenvalue weighted by Gasteiger charge is -2.34. The van der Waals surface area contributed by atoms with E-state index in [4.69, 9.17) is 4.42 Å². The Labute approximate surface area is 188 Å². The highest BCUT2D eigenvalue weighted by Crippen LogP contribution is 2.27. The molecular formula is C22H20F3N3O4S. The van der Waals surface area contributed by atoms with E-state index in [0.29, 0.717) is 0 Å². The smallest absolute Gasteiger partial charge is 0.246 e. The zero-order chi connectivity index (χ0) is 23.6. The van der Waals surface area contributed by atoms with Gasteiger partial charge in [-0.25, -0.2) is 26.6 Å². The molecule has 0 bridgehead atoms. The van der Waals surface area contributed by atoms with Gasteiger partial charge < -0.3 is 9.32 Å². The number of aromatic nitrogens is 1. The van der Waals surface area contributed by atoms with Crippen molar-refractivity contribution in [2.24, 2.45) is 0 Å². The Bertz CT molecular complexity index is 1250. The molecule has 0 N–H and O–H groups in total. The summed E-state index contributed by atoms with van der Waals surface area (Å²) < 4.78 is 73.6. The summed E-state index contributed by atoms with van der Waals surface area (Å²) in [5.41, 5.74) is -0.324. The van der Waals surface area contributed by atoms with Gasteiger partial charge in [-0.1, -0.05) is 18.2 Å². The first kappa shape index (κ1) is 23.0. The maximum Gasteiger partial charge on any atom is 0.246 e. The second-order valence-electron chi connectivity index (χ2n) is 7.43. The number of nitrogens with zero attached hydrogens (tertiary/aromatic N) is 3. The molecule has 1 aliphatic heterocycles. The highest BCUT2D eigenvalue weighted by molar-refractivity contribution is 7.89. The Kier molecular flexibility index (Phi) is 6.52. The number of halogens is 3. The Hall–Kier alpha value is -3.18. The molecule has 2 aromatic carbocycles. The first-order valence-corrected chi connectivity index (χ1v) is 11.6. The fraction of sp³-hybridized carbons (Fsp3) is 0.273. The first-order chi connectivity index (χ1) is 15.8. The Morgan fingerprint density at radius 1 is 0.939 bits per heavy atom. The molecular weight excluding hydrogens is 459 g/mol. The number of oxazole rings is 1. The largest absolute Gasteiger partial charge is 0.441 e. The molecule has 4 rings (SSSR count). The number of aryl methyl sites for hydroxylation is 1. The Morgan fingerprint density at radius 3 is 2.24 bits per heavy atom. The molecule has 0 unspecified atom stereocenters. The van der Waals surface area contributed by atoms with Crippen LogP contribution in [0.2, 0.25) is 0 Å². The van der Waals surface area contributed by atoms with Crippen LogP contribution in [0.15, 0.2) is 58.0 Å². The number of amides is 1. The fourth-order valence-electron chi connectivity index (χ4n) is 3.62. The number of rotatable bonds is 6. The van der Waals surface area contributed by atoms with Crippen LogP contribution < -0.4 is 0 Å². The summed E-state index contributed by atoms with van der Waals surface area (Å²) in [5.74, 6) is -2.54. The van der Waals surface area contributed by atoms with Crippen LogP contribution in [0.25, 0.3) is 11.3 Å². The summed E-state index contributed by atoms with van der Waals surface area (Å²) in [6, 6.07) is 8.61. The van der Waals surface area contributed by atoms with Gasteiger partial charge in [0.1, 0.15) is 22.3 Å². The van der Waals surface area contributed by atoms with E-state index in [1.165, 1.54) is 35.4 Å². The molecule has 11 heteroatoms. The Balaban J connectivity index is 1.33. The van der Waals surface area contributed by atoms with Crippen molar-refractivity contribution in [1.82, 2.24) is 14.2 Å². The lowest BCUT2D eigenvalue weighted by atomic mass is 10.1. The van der Waals surface area contributed by atoms with Crippen molar-refractivity contribution in [2.75, 3.05) is 26.2 Å². The van der Waals surface area contributed by atoms with E-state index in [1.54, 1.807) is 0 Å². The van der Waals surface area contributed by atoms with Crippen molar-refractivity contribution in [3.05, 3.63) is 72.0 Å². The SMILES string of the molecule is O=C(CCc1ncc(-c2c(F)cccc2F)o1)N1CCN(S(=O)(=O)c2ccccc2F)CC1. The third kappa shape index (κ3) is 4.79. The molecule has 2 heterocycles. The van der Waals surface area contributed by atoms with Gasteiger partial charge in [-0.3, -0.25) is 4.79 Å². The van der Waals surface area contributed by atoms with Crippen molar-refractivity contribution < 1.29 is 30.8 Å². The van der Waals surface area contributed by atoms with Crippen LogP contribution in [0.3, 0.4) is 0 Å². The molecule has 0 saturated carbocycles. The van der Waals surface area contributed by atoms with Gasteiger partial charge in [0, 0.05) is 39.0 Å². The molecule has 0 atom stereocenters. The van der Waals surface area contributed by atoms with Crippen LogP contribution in [0.5, 0.6) is 0 Å². The van der Waals surface area contributed by atoms with Gasteiger partial charge in [-0.2, -0.15) is 4.31 Å². The monoisotopic (exact) mass is 479 g/mol. The van der Waals surface area contributed by atoms with Crippen molar-refractivity contribution >= 4 is 15.9 Å². The highest BCUT2D eigenvalue weighted by Gasteiger charge is 2.31. The third-order valence-electron chi connectivity index (χ3n) is 5.36. The maximum atomic E-state index is 13.9. The average molecular weight is 479 g/mol. The molecule has 1 aliphatic rings. The van der Waals surface area contributed by atoms with E-state index in [-0.39, 0.29) is 62.1 Å². The summed E-state index contributed by atoms with van der Waals surface area (Å²) in [6.07, 6.45) is 1.34. The fourth-order valence-corrected chi connectivity index (χ4v) is 5.10. The molecule has 1 aromatic heterocycles. The zero-order valence-corrected chi connectivity index (χ0v) is 18.2. The van der Waals surface area contributed by atoms with Gasteiger partial charge in [0.25, 0.3) is 0 Å². The number of hydrogen-bond acceptors (Lipinski definition) is 5. The van der Waals surface area contributed by atoms with Crippen LogP contribution in [0.4, 0.5) is 13.2 Å². The summed E-state index contributed by atoms with van der Waals surface area (Å²) in [6.45, 7) is 0.393. The molecule has 1 amide bonds. The van der Waals surface area contributed by atoms with Crippen LogP contribution in [-0.2, 0) is 21.2 Å². The van der Waals surface area contributed by atoms with Gasteiger partial charge in [0.15, 0.2) is 11.7 Å². The van der Waals surface area contributed by atoms with E-state index in [9.17, 15) is 26.4 Å². The van der Waals surface area contributed by atoms with E-state index < -0.39 is 32.4 Å². The third-order valence-corrected chi connectivity index (χ3v) is 7.29. The van der Waals surface area contributed by atoms with Crippen LogP contribution in [0.1, 0.15) is 12.3 Å². The van der Waals surface area contributed by atoms with Gasteiger partial charge >= 0.3 is 0 Å². The van der Waals surface area contributed by atoms with Gasteiger partial charge in [0.05, 0.1) is 11.8 Å². The number of benzene rings is 2. The number of sulfonamides is 1. The minimum atomic E-state index is -3.99. The highest BCUT2D eigenvalue weighted by atomic mass is 32.2. The van der Waals surface area contributed by atoms with Crippen molar-refractivity contribution in [2.45, 2.75) is 17.7 Å². The lowest BCUT2D eigenvalue weighted by molar-refractivity contribution is -0.132. The predicted molar refractivity (Wildman–Crippen MR) is 112 cm³/mol. The molecule has 0 aliphatic carbocycles. The molecule has 3 aromatic rings. The molecule has 1 fully saturated rings. The average Bonchev–Trinajstić information content (AvgIpc) is 3.26. The van der Waals surface area contributed by atoms with E-state index in [1.807, 2.05) is 0 Å². The summed E-state index contributed by atoms with van der Waals surface area (Å²) in [4.78, 5) is 17.6. The normalized spacial score (nSPS) is 15.1. The lowest BCUT2D eigenvalue weighted by Crippen LogP contribution is -2.50. The van der Waals surface area contributed by atoms with Crippen LogP contribution in [0, 0.1) is 17.5 Å². The summed E-state index contributed by atoms with van der Waals surface area (Å²) in [5, 5.41) is 0. The molecule has 1 saturated heterocycles. The van der Waals surface area contributed by atoms with E-state index >= 15 is 0 Å². The van der Waals surface area contributed by atoms with Crippen molar-refractivity contribution in [3.63, 3.8) is 0 Å². The second kappa shape index (κ2) is 9.36. The van der Waals surface area contributed by atoms with Gasteiger partial charge in [-0.05, 0) is 24.3 Å². The quantitative estimate of drug-likeness (QED) is 0.542. The molecule has 33 heavy (non-hydrogen) atoms. The second-order valence-corrected chi connectivity index (χ2v) is 9.34. The predicted octanol–water partition coefficient (Wildman–Crippen LogP) is 3.22. The maximum absolute atomic E-state index is 13.9. The number of hydrogen-bond donors (Lipinski definition) is 0. The van der Waals surface area contributed by atoms with E-state index in [0.717, 1.165) is 22.5 Å². The number of carbonyl (C=O) groups is 1. The molecule has 174 valence electrons. The van der Waals surface area contributed by atoms with Crippen LogP contribution >= 0.6 is 0 Å². The summed E-state index contributed by atoms with van der Waals surface area (Å²) >= 11 is 0. The minimum absolute atomic E-state index is 0.0276.